The summed E-state index contributed by atoms with van der Waals surface area (Å²) in [6, 6.07) is 0. The number of halogens is 1. The summed E-state index contributed by atoms with van der Waals surface area (Å²) < 4.78 is 1.38. The fourth-order valence-corrected chi connectivity index (χ4v) is 2.15. The molecule has 0 fully saturated rings. The Morgan fingerprint density at radius 2 is 2.35 bits per heavy atom. The maximum atomic E-state index is 12.0. The van der Waals surface area contributed by atoms with E-state index in [1.54, 1.807) is 18.0 Å². The Kier molecular flexibility index (Phi) is 7.52. The van der Waals surface area contributed by atoms with E-state index in [2.05, 4.69) is 16.3 Å². The van der Waals surface area contributed by atoms with Crippen LogP contribution in [-0.4, -0.2) is 53.4 Å². The van der Waals surface area contributed by atoms with Gasteiger partial charge in [-0.05, 0) is 14.1 Å². The molecule has 0 atom stereocenters. The molecule has 0 unspecified atom stereocenters. The number of hydrogen-bond donors (Lipinski definition) is 1. The highest BCUT2D eigenvalue weighted by molar-refractivity contribution is 7.99. The molecule has 20 heavy (non-hydrogen) atoms. The van der Waals surface area contributed by atoms with E-state index in [-0.39, 0.29) is 10.6 Å². The molecular formula is C13H19ClN4OS. The van der Waals surface area contributed by atoms with Crippen LogP contribution in [0.4, 0.5) is 5.69 Å². The Bertz CT molecular complexity index is 524. The van der Waals surface area contributed by atoms with E-state index in [0.717, 1.165) is 12.3 Å². The van der Waals surface area contributed by atoms with Gasteiger partial charge in [-0.2, -0.15) is 5.10 Å². The van der Waals surface area contributed by atoms with Crippen LogP contribution in [0.25, 0.3) is 0 Å². The minimum atomic E-state index is -0.269. The Morgan fingerprint density at radius 3 is 3.00 bits per heavy atom. The van der Waals surface area contributed by atoms with Crippen LogP contribution in [0.15, 0.2) is 11.0 Å². The van der Waals surface area contributed by atoms with Gasteiger partial charge in [-0.25, -0.2) is 4.68 Å². The van der Waals surface area contributed by atoms with Crippen molar-refractivity contribution in [3.63, 3.8) is 0 Å². The summed E-state index contributed by atoms with van der Waals surface area (Å²) in [5.41, 5.74) is 0.300. The number of hydrogen-bond acceptors (Lipinski definition) is 5. The third-order valence-electron chi connectivity index (χ3n) is 2.49. The number of nitrogens with one attached hydrogen (secondary N) is 1. The van der Waals surface area contributed by atoms with Gasteiger partial charge in [0, 0.05) is 18.8 Å². The van der Waals surface area contributed by atoms with Gasteiger partial charge >= 0.3 is 0 Å². The molecule has 0 aliphatic heterocycles. The molecule has 0 bridgehead atoms. The van der Waals surface area contributed by atoms with Crippen LogP contribution in [-0.2, 0) is 6.54 Å². The molecule has 0 spiro atoms. The molecule has 7 heteroatoms. The fraction of sp³-hybridized carbons (Fsp3) is 0.538. The highest BCUT2D eigenvalue weighted by Crippen LogP contribution is 2.15. The van der Waals surface area contributed by atoms with Crippen molar-refractivity contribution in [2.45, 2.75) is 6.54 Å². The standard InChI is InChI=1S/C13H19ClN4OS/c1-4-8-20-9-5-15-11-10-16-18(7-6-17(2)3)13(19)12(11)14/h1,10,15H,5-9H2,2-3H3. The molecule has 0 amide bonds. The van der Waals surface area contributed by atoms with Crippen LogP contribution in [0.5, 0.6) is 0 Å². The summed E-state index contributed by atoms with van der Waals surface area (Å²) in [6.07, 6.45) is 6.75. The SMILES string of the molecule is C#CCSCCNc1cnn(CCN(C)C)c(=O)c1Cl. The van der Waals surface area contributed by atoms with E-state index in [9.17, 15) is 4.79 Å². The van der Waals surface area contributed by atoms with Crippen LogP contribution < -0.4 is 10.9 Å². The van der Waals surface area contributed by atoms with Crippen molar-refractivity contribution in [2.75, 3.05) is 44.0 Å². The van der Waals surface area contributed by atoms with Crippen LogP contribution in [0.1, 0.15) is 0 Å². The summed E-state index contributed by atoms with van der Waals surface area (Å²) >= 11 is 7.71. The monoisotopic (exact) mass is 314 g/mol. The van der Waals surface area contributed by atoms with Crippen LogP contribution >= 0.6 is 23.4 Å². The first kappa shape index (κ1) is 16.9. The molecule has 1 heterocycles. The second kappa shape index (κ2) is 8.90. The Balaban J connectivity index is 2.60. The molecular weight excluding hydrogens is 296 g/mol. The van der Waals surface area contributed by atoms with Gasteiger partial charge in [0.25, 0.3) is 5.56 Å². The van der Waals surface area contributed by atoms with Crippen molar-refractivity contribution in [3.8, 4) is 12.3 Å². The lowest BCUT2D eigenvalue weighted by Crippen LogP contribution is -2.29. The topological polar surface area (TPSA) is 50.2 Å². The second-order valence-corrected chi connectivity index (χ2v) is 5.87. The molecule has 1 aromatic rings. The summed E-state index contributed by atoms with van der Waals surface area (Å²) in [5, 5.41) is 7.40. The molecule has 0 saturated carbocycles. The van der Waals surface area contributed by atoms with E-state index >= 15 is 0 Å². The van der Waals surface area contributed by atoms with Crippen molar-refractivity contribution in [2.24, 2.45) is 0 Å². The van der Waals surface area contributed by atoms with Crippen LogP contribution in [0, 0.1) is 12.3 Å². The highest BCUT2D eigenvalue weighted by atomic mass is 35.5. The van der Waals surface area contributed by atoms with E-state index in [1.165, 1.54) is 4.68 Å². The molecule has 1 aromatic heterocycles. The number of aromatic nitrogens is 2. The van der Waals surface area contributed by atoms with Crippen molar-refractivity contribution >= 4 is 29.1 Å². The predicted molar refractivity (Wildman–Crippen MR) is 86.7 cm³/mol. The van der Waals surface area contributed by atoms with Gasteiger partial charge in [0.15, 0.2) is 0 Å². The lowest BCUT2D eigenvalue weighted by Gasteiger charge is -2.12. The van der Waals surface area contributed by atoms with Gasteiger partial charge in [-0.15, -0.1) is 18.2 Å². The quantitative estimate of drug-likeness (QED) is 0.578. The third kappa shape index (κ3) is 5.45. The van der Waals surface area contributed by atoms with E-state index in [0.29, 0.717) is 24.5 Å². The van der Waals surface area contributed by atoms with Crippen molar-refractivity contribution in [1.29, 1.82) is 0 Å². The normalized spacial score (nSPS) is 10.6. The highest BCUT2D eigenvalue weighted by Gasteiger charge is 2.08. The van der Waals surface area contributed by atoms with Gasteiger partial charge in [0.2, 0.25) is 0 Å². The number of likely N-dealkylation sites (N-methyl/N-ethyl adjacent to an activating group) is 1. The summed E-state index contributed by atoms with van der Waals surface area (Å²) in [5.74, 6) is 4.09. The molecule has 110 valence electrons. The maximum Gasteiger partial charge on any atom is 0.287 e. The largest absolute Gasteiger partial charge is 0.382 e. The van der Waals surface area contributed by atoms with Crippen LogP contribution in [0.2, 0.25) is 5.02 Å². The Hall–Kier alpha value is -1.16. The molecule has 0 aliphatic rings. The third-order valence-corrected chi connectivity index (χ3v) is 3.72. The number of nitrogens with zero attached hydrogens (tertiary/aromatic N) is 3. The molecule has 1 rings (SSSR count). The predicted octanol–water partition coefficient (Wildman–Crippen LogP) is 1.24. The van der Waals surface area contributed by atoms with Gasteiger partial charge in [0.05, 0.1) is 24.2 Å². The average molecular weight is 315 g/mol. The lowest BCUT2D eigenvalue weighted by atomic mass is 10.4. The van der Waals surface area contributed by atoms with Gasteiger partial charge in [-0.1, -0.05) is 17.5 Å². The van der Waals surface area contributed by atoms with Crippen LogP contribution in [0.3, 0.4) is 0 Å². The zero-order chi connectivity index (χ0) is 15.0. The van der Waals surface area contributed by atoms with Gasteiger partial charge < -0.3 is 10.2 Å². The van der Waals surface area contributed by atoms with Crippen molar-refractivity contribution in [3.05, 3.63) is 21.6 Å². The second-order valence-electron chi connectivity index (χ2n) is 4.39. The number of anilines is 1. The first-order chi connectivity index (χ1) is 9.56. The summed E-state index contributed by atoms with van der Waals surface area (Å²) in [4.78, 5) is 14.0. The number of terminal acetylenes is 1. The first-order valence-electron chi connectivity index (χ1n) is 6.21. The zero-order valence-electron chi connectivity index (χ0n) is 11.7. The van der Waals surface area contributed by atoms with Crippen molar-refractivity contribution < 1.29 is 0 Å². The molecule has 0 aliphatic carbocycles. The zero-order valence-corrected chi connectivity index (χ0v) is 13.3. The van der Waals surface area contributed by atoms with Gasteiger partial charge in [0.1, 0.15) is 5.02 Å². The Morgan fingerprint density at radius 1 is 1.60 bits per heavy atom. The van der Waals surface area contributed by atoms with E-state index in [1.807, 2.05) is 19.0 Å². The van der Waals surface area contributed by atoms with E-state index < -0.39 is 0 Å². The molecule has 0 saturated heterocycles. The number of rotatable bonds is 8. The van der Waals surface area contributed by atoms with E-state index in [4.69, 9.17) is 18.0 Å². The Labute approximate surface area is 128 Å². The minimum absolute atomic E-state index is 0.181. The maximum absolute atomic E-state index is 12.0. The number of thioether (sulfide) groups is 1. The summed E-state index contributed by atoms with van der Waals surface area (Å²) in [6.45, 7) is 1.94. The molecule has 1 N–H and O–H groups in total. The average Bonchev–Trinajstić information content (AvgIpc) is 2.42. The minimum Gasteiger partial charge on any atom is -0.382 e. The first-order valence-corrected chi connectivity index (χ1v) is 7.75. The molecule has 0 aromatic carbocycles. The summed E-state index contributed by atoms with van der Waals surface area (Å²) in [7, 11) is 3.88. The lowest BCUT2D eigenvalue weighted by molar-refractivity contribution is 0.367. The van der Waals surface area contributed by atoms with Crippen molar-refractivity contribution in [1.82, 2.24) is 14.7 Å². The molecule has 0 radical (unpaired) electrons. The smallest absolute Gasteiger partial charge is 0.287 e. The fourth-order valence-electron chi connectivity index (χ4n) is 1.43. The van der Waals surface area contributed by atoms with Gasteiger partial charge in [-0.3, -0.25) is 4.79 Å². The molecule has 5 nitrogen and oxygen atoms in total.